The Balaban J connectivity index is 2.20. The summed E-state index contributed by atoms with van der Waals surface area (Å²) < 4.78 is 4.90. The molecule has 0 bridgehead atoms. The molecule has 6 heteroatoms. The number of esters is 1. The van der Waals surface area contributed by atoms with Crippen molar-refractivity contribution in [2.45, 2.75) is 13.5 Å². The van der Waals surface area contributed by atoms with Gasteiger partial charge >= 0.3 is 5.97 Å². The monoisotopic (exact) mass is 328 g/mol. The van der Waals surface area contributed by atoms with Gasteiger partial charge in [0.1, 0.15) is 11.4 Å². The Hall–Kier alpha value is -2.73. The Bertz CT molecular complexity index is 688. The van der Waals surface area contributed by atoms with E-state index in [1.165, 1.54) is 11.0 Å². The first kappa shape index (κ1) is 17.6. The molecule has 1 N–H and O–H groups in total. The average molecular weight is 328 g/mol. The number of benzene rings is 1. The molecule has 0 atom stereocenters. The number of aromatic nitrogens is 1. The Morgan fingerprint density at radius 1 is 1.08 bits per heavy atom. The van der Waals surface area contributed by atoms with Gasteiger partial charge in [0.05, 0.1) is 13.2 Å². The largest absolute Gasteiger partial charge is 0.461 e. The average Bonchev–Trinajstić information content (AvgIpc) is 2.62. The molecule has 1 amide bonds. The van der Waals surface area contributed by atoms with Crippen molar-refractivity contribution in [2.75, 3.05) is 19.8 Å². The summed E-state index contributed by atoms with van der Waals surface area (Å²) in [6.07, 6.45) is 0. The maximum Gasteiger partial charge on any atom is 0.356 e. The number of carbonyl (C=O) groups is 2. The maximum absolute atomic E-state index is 12.7. The zero-order valence-electron chi connectivity index (χ0n) is 13.5. The summed E-state index contributed by atoms with van der Waals surface area (Å²) in [4.78, 5) is 30.0. The second-order valence-electron chi connectivity index (χ2n) is 5.06. The van der Waals surface area contributed by atoms with Crippen LogP contribution in [0.15, 0.2) is 48.5 Å². The van der Waals surface area contributed by atoms with Gasteiger partial charge in [0.25, 0.3) is 5.91 Å². The Kier molecular flexibility index (Phi) is 6.45. The first-order valence-electron chi connectivity index (χ1n) is 7.74. The number of ether oxygens (including phenoxy) is 1. The molecule has 0 aliphatic carbocycles. The van der Waals surface area contributed by atoms with Gasteiger partial charge in [0.15, 0.2) is 0 Å². The van der Waals surface area contributed by atoms with Crippen LogP contribution in [0.4, 0.5) is 0 Å². The van der Waals surface area contributed by atoms with Crippen LogP contribution in [0.5, 0.6) is 0 Å². The van der Waals surface area contributed by atoms with Gasteiger partial charge in [0, 0.05) is 13.1 Å². The minimum absolute atomic E-state index is 0.0892. The van der Waals surface area contributed by atoms with E-state index in [4.69, 9.17) is 4.74 Å². The molecule has 0 spiro atoms. The highest BCUT2D eigenvalue weighted by Crippen LogP contribution is 2.10. The molecule has 2 aromatic rings. The Morgan fingerprint density at radius 3 is 2.46 bits per heavy atom. The Labute approximate surface area is 140 Å². The van der Waals surface area contributed by atoms with Gasteiger partial charge in [-0.15, -0.1) is 0 Å². The molecule has 6 nitrogen and oxygen atoms in total. The highest BCUT2D eigenvalue weighted by Gasteiger charge is 2.19. The van der Waals surface area contributed by atoms with Crippen molar-refractivity contribution in [3.05, 3.63) is 65.5 Å². The number of nitrogens with zero attached hydrogens (tertiary/aromatic N) is 2. The molecule has 0 aliphatic rings. The van der Waals surface area contributed by atoms with Gasteiger partial charge in [-0.25, -0.2) is 9.78 Å². The van der Waals surface area contributed by atoms with Crippen molar-refractivity contribution < 1.29 is 19.4 Å². The number of carbonyl (C=O) groups excluding carboxylic acids is 2. The third-order valence-corrected chi connectivity index (χ3v) is 3.33. The van der Waals surface area contributed by atoms with E-state index in [2.05, 4.69) is 4.98 Å². The Morgan fingerprint density at radius 2 is 1.79 bits per heavy atom. The minimum Gasteiger partial charge on any atom is -0.461 e. The van der Waals surface area contributed by atoms with Gasteiger partial charge < -0.3 is 14.7 Å². The van der Waals surface area contributed by atoms with Crippen LogP contribution in [-0.4, -0.2) is 46.6 Å². The van der Waals surface area contributed by atoms with E-state index >= 15 is 0 Å². The van der Waals surface area contributed by atoms with E-state index in [1.807, 2.05) is 30.3 Å². The summed E-state index contributed by atoms with van der Waals surface area (Å²) in [7, 11) is 0. The molecular weight excluding hydrogens is 308 g/mol. The van der Waals surface area contributed by atoms with Crippen LogP contribution < -0.4 is 0 Å². The quantitative estimate of drug-likeness (QED) is 0.785. The normalized spacial score (nSPS) is 10.2. The molecule has 126 valence electrons. The smallest absolute Gasteiger partial charge is 0.356 e. The molecule has 0 aliphatic heterocycles. The molecule has 0 fully saturated rings. The highest BCUT2D eigenvalue weighted by atomic mass is 16.5. The van der Waals surface area contributed by atoms with Crippen LogP contribution in [0.2, 0.25) is 0 Å². The molecule has 2 rings (SSSR count). The lowest BCUT2D eigenvalue weighted by atomic mass is 10.2. The SMILES string of the molecule is CCOC(=O)c1cccc(C(=O)N(CCO)Cc2ccccc2)n1. The summed E-state index contributed by atoms with van der Waals surface area (Å²) in [5.74, 6) is -0.914. The predicted molar refractivity (Wildman–Crippen MR) is 88.5 cm³/mol. The number of pyridine rings is 1. The van der Waals surface area contributed by atoms with Crippen LogP contribution in [0, 0.1) is 0 Å². The molecule has 0 saturated heterocycles. The molecule has 1 aromatic carbocycles. The lowest BCUT2D eigenvalue weighted by Crippen LogP contribution is -2.33. The molecule has 24 heavy (non-hydrogen) atoms. The maximum atomic E-state index is 12.7. The first-order valence-corrected chi connectivity index (χ1v) is 7.74. The van der Waals surface area contributed by atoms with Crippen molar-refractivity contribution >= 4 is 11.9 Å². The van der Waals surface area contributed by atoms with Gasteiger partial charge in [-0.05, 0) is 24.6 Å². The van der Waals surface area contributed by atoms with Crippen LogP contribution in [0.3, 0.4) is 0 Å². The van der Waals surface area contributed by atoms with Crippen molar-refractivity contribution in [3.8, 4) is 0 Å². The predicted octanol–water partition coefficient (Wildman–Crippen LogP) is 1.89. The lowest BCUT2D eigenvalue weighted by molar-refractivity contribution is 0.0519. The van der Waals surface area contributed by atoms with Crippen molar-refractivity contribution in [1.29, 1.82) is 0 Å². The van der Waals surface area contributed by atoms with Gasteiger partial charge in [0.2, 0.25) is 0 Å². The number of amides is 1. The van der Waals surface area contributed by atoms with E-state index in [1.54, 1.807) is 19.1 Å². The number of aliphatic hydroxyl groups excluding tert-OH is 1. The van der Waals surface area contributed by atoms with Crippen molar-refractivity contribution in [1.82, 2.24) is 9.88 Å². The van der Waals surface area contributed by atoms with Crippen LogP contribution in [-0.2, 0) is 11.3 Å². The molecular formula is C18H20N2O4. The fraction of sp³-hybridized carbons (Fsp3) is 0.278. The van der Waals surface area contributed by atoms with Crippen LogP contribution >= 0.6 is 0 Å². The number of hydrogen-bond donors (Lipinski definition) is 1. The number of hydrogen-bond acceptors (Lipinski definition) is 5. The standard InChI is InChI=1S/C18H20N2O4/c1-2-24-18(23)16-10-6-9-15(19-16)17(22)20(11-12-21)13-14-7-4-3-5-8-14/h3-10,21H,2,11-13H2,1H3. The molecule has 0 unspecified atom stereocenters. The van der Waals surface area contributed by atoms with E-state index in [0.717, 1.165) is 5.56 Å². The van der Waals surface area contributed by atoms with Gasteiger partial charge in [-0.3, -0.25) is 4.79 Å². The topological polar surface area (TPSA) is 79.7 Å². The fourth-order valence-electron chi connectivity index (χ4n) is 2.21. The van der Waals surface area contributed by atoms with Gasteiger partial charge in [-0.1, -0.05) is 36.4 Å². The molecule has 1 heterocycles. The molecule has 1 aromatic heterocycles. The summed E-state index contributed by atoms with van der Waals surface area (Å²) in [5.41, 5.74) is 1.18. The first-order chi connectivity index (χ1) is 11.7. The summed E-state index contributed by atoms with van der Waals surface area (Å²) >= 11 is 0. The third-order valence-electron chi connectivity index (χ3n) is 3.33. The summed E-state index contributed by atoms with van der Waals surface area (Å²) in [6, 6.07) is 14.1. The lowest BCUT2D eigenvalue weighted by Gasteiger charge is -2.21. The molecule has 0 saturated carbocycles. The zero-order chi connectivity index (χ0) is 17.4. The second kappa shape index (κ2) is 8.79. The number of rotatable bonds is 7. The van der Waals surface area contributed by atoms with E-state index in [9.17, 15) is 14.7 Å². The summed E-state index contributed by atoms with van der Waals surface area (Å²) in [5, 5.41) is 9.23. The second-order valence-corrected chi connectivity index (χ2v) is 5.06. The fourth-order valence-corrected chi connectivity index (χ4v) is 2.21. The van der Waals surface area contributed by atoms with Gasteiger partial charge in [-0.2, -0.15) is 0 Å². The third kappa shape index (κ3) is 4.63. The van der Waals surface area contributed by atoms with Crippen molar-refractivity contribution in [3.63, 3.8) is 0 Å². The van der Waals surface area contributed by atoms with E-state index in [-0.39, 0.29) is 37.1 Å². The minimum atomic E-state index is -0.566. The van der Waals surface area contributed by atoms with E-state index < -0.39 is 5.97 Å². The van der Waals surface area contributed by atoms with Crippen LogP contribution in [0.25, 0.3) is 0 Å². The summed E-state index contributed by atoms with van der Waals surface area (Å²) in [6.45, 7) is 2.32. The highest BCUT2D eigenvalue weighted by molar-refractivity contribution is 5.94. The zero-order valence-corrected chi connectivity index (χ0v) is 13.5. The van der Waals surface area contributed by atoms with Crippen LogP contribution in [0.1, 0.15) is 33.5 Å². The number of aliphatic hydroxyl groups is 1. The molecule has 0 radical (unpaired) electrons. The van der Waals surface area contributed by atoms with Crippen molar-refractivity contribution in [2.24, 2.45) is 0 Å². The van der Waals surface area contributed by atoms with E-state index in [0.29, 0.717) is 6.54 Å².